The summed E-state index contributed by atoms with van der Waals surface area (Å²) in [5.74, 6) is 0.751. The van der Waals surface area contributed by atoms with Crippen LogP contribution < -0.4 is 0 Å². The average molecular weight is 261 g/mol. The summed E-state index contributed by atoms with van der Waals surface area (Å²) in [5.41, 5.74) is 1.51. The number of hydrogen-bond donors (Lipinski definition) is 0. The van der Waals surface area contributed by atoms with Gasteiger partial charge >= 0.3 is 0 Å². The van der Waals surface area contributed by atoms with Crippen LogP contribution in [0.15, 0.2) is 12.4 Å². The molecule has 19 heavy (non-hydrogen) atoms. The molecule has 0 bridgehead atoms. The standard InChI is InChI=1S/C13H19N5O/c1-4-6-18-13(14-9-15-18)8-12(19)11-7-10(3)16-17(11)5-2/h7,9H,4-6,8H2,1-3H3. The number of nitrogens with zero attached hydrogens (tertiary/aromatic N) is 5. The Balaban J connectivity index is 2.18. The summed E-state index contributed by atoms with van der Waals surface area (Å²) >= 11 is 0. The molecular formula is C13H19N5O. The molecule has 6 nitrogen and oxygen atoms in total. The van der Waals surface area contributed by atoms with E-state index in [1.807, 2.05) is 19.9 Å². The third-order valence-electron chi connectivity index (χ3n) is 2.94. The smallest absolute Gasteiger partial charge is 0.188 e. The molecule has 0 fully saturated rings. The first-order chi connectivity index (χ1) is 9.15. The molecule has 0 aliphatic carbocycles. The van der Waals surface area contributed by atoms with E-state index >= 15 is 0 Å². The van der Waals surface area contributed by atoms with Gasteiger partial charge < -0.3 is 0 Å². The van der Waals surface area contributed by atoms with Gasteiger partial charge in [0, 0.05) is 13.1 Å². The number of Topliss-reactive ketones (excluding diaryl/α,β-unsaturated/α-hetero) is 1. The predicted molar refractivity (Wildman–Crippen MR) is 71.0 cm³/mol. The Morgan fingerprint density at radius 2 is 2.11 bits per heavy atom. The van der Waals surface area contributed by atoms with Crippen LogP contribution in [0.1, 0.15) is 42.3 Å². The molecule has 0 saturated heterocycles. The van der Waals surface area contributed by atoms with Gasteiger partial charge in [-0.3, -0.25) is 9.48 Å². The number of carbonyl (C=O) groups excluding carboxylic acids is 1. The molecular weight excluding hydrogens is 242 g/mol. The van der Waals surface area contributed by atoms with Gasteiger partial charge in [-0.15, -0.1) is 0 Å². The Bertz CT molecular complexity index is 569. The highest BCUT2D eigenvalue weighted by Crippen LogP contribution is 2.08. The number of ketones is 1. The zero-order chi connectivity index (χ0) is 13.8. The lowest BCUT2D eigenvalue weighted by molar-refractivity contribution is 0.0979. The van der Waals surface area contributed by atoms with Crippen molar-refractivity contribution >= 4 is 5.78 Å². The molecule has 2 heterocycles. The summed E-state index contributed by atoms with van der Waals surface area (Å²) in [7, 11) is 0. The van der Waals surface area contributed by atoms with Crippen molar-refractivity contribution in [2.24, 2.45) is 0 Å². The van der Waals surface area contributed by atoms with Gasteiger partial charge in [0.05, 0.1) is 12.1 Å². The lowest BCUT2D eigenvalue weighted by Gasteiger charge is -2.05. The van der Waals surface area contributed by atoms with Gasteiger partial charge in [0.15, 0.2) is 5.78 Å². The van der Waals surface area contributed by atoms with Crippen molar-refractivity contribution in [2.75, 3.05) is 0 Å². The Labute approximate surface area is 112 Å². The summed E-state index contributed by atoms with van der Waals surface area (Å²) in [6, 6.07) is 1.83. The van der Waals surface area contributed by atoms with Gasteiger partial charge in [0.1, 0.15) is 17.8 Å². The molecule has 2 aromatic rings. The molecule has 0 aliphatic heterocycles. The van der Waals surface area contributed by atoms with Gasteiger partial charge in [-0.05, 0) is 26.3 Å². The van der Waals surface area contributed by atoms with Crippen LogP contribution in [0.4, 0.5) is 0 Å². The minimum atomic E-state index is 0.0350. The highest BCUT2D eigenvalue weighted by atomic mass is 16.1. The van der Waals surface area contributed by atoms with Crippen LogP contribution in [-0.4, -0.2) is 30.3 Å². The molecule has 6 heteroatoms. The van der Waals surface area contributed by atoms with Crippen LogP contribution in [-0.2, 0) is 19.5 Å². The van der Waals surface area contributed by atoms with Crippen molar-refractivity contribution in [1.29, 1.82) is 0 Å². The Kier molecular flexibility index (Phi) is 4.09. The lowest BCUT2D eigenvalue weighted by atomic mass is 10.2. The fourth-order valence-corrected chi connectivity index (χ4v) is 2.07. The zero-order valence-corrected chi connectivity index (χ0v) is 11.6. The number of rotatable bonds is 6. The van der Waals surface area contributed by atoms with Crippen molar-refractivity contribution in [3.8, 4) is 0 Å². The largest absolute Gasteiger partial charge is 0.292 e. The van der Waals surface area contributed by atoms with E-state index in [4.69, 9.17) is 0 Å². The van der Waals surface area contributed by atoms with Crippen LogP contribution in [0.2, 0.25) is 0 Å². The van der Waals surface area contributed by atoms with Crippen LogP contribution in [0, 0.1) is 6.92 Å². The van der Waals surface area contributed by atoms with E-state index in [1.165, 1.54) is 6.33 Å². The van der Waals surface area contributed by atoms with E-state index in [0.29, 0.717) is 18.1 Å². The van der Waals surface area contributed by atoms with Crippen molar-refractivity contribution < 1.29 is 4.79 Å². The summed E-state index contributed by atoms with van der Waals surface area (Å²) in [4.78, 5) is 16.5. The molecule has 0 spiro atoms. The van der Waals surface area contributed by atoms with Gasteiger partial charge in [0.25, 0.3) is 0 Å². The molecule has 0 radical (unpaired) electrons. The van der Waals surface area contributed by atoms with Crippen LogP contribution in [0.5, 0.6) is 0 Å². The quantitative estimate of drug-likeness (QED) is 0.741. The summed E-state index contributed by atoms with van der Waals surface area (Å²) in [6.45, 7) is 7.42. The molecule has 0 amide bonds. The SMILES string of the molecule is CCCn1ncnc1CC(=O)c1cc(C)nn1CC. The molecule has 0 aliphatic rings. The van der Waals surface area contributed by atoms with Crippen molar-refractivity contribution in [1.82, 2.24) is 24.5 Å². The molecule has 0 N–H and O–H groups in total. The number of hydrogen-bond acceptors (Lipinski definition) is 4. The monoisotopic (exact) mass is 261 g/mol. The average Bonchev–Trinajstić information content (AvgIpc) is 2.97. The maximum atomic E-state index is 12.3. The number of aromatic nitrogens is 5. The molecule has 2 rings (SSSR count). The van der Waals surface area contributed by atoms with E-state index in [0.717, 1.165) is 18.7 Å². The summed E-state index contributed by atoms with van der Waals surface area (Å²) in [5, 5.41) is 8.42. The van der Waals surface area contributed by atoms with Crippen molar-refractivity contribution in [3.63, 3.8) is 0 Å². The molecule has 102 valence electrons. The molecule has 0 saturated carbocycles. The molecule has 0 aromatic carbocycles. The third-order valence-corrected chi connectivity index (χ3v) is 2.94. The van der Waals surface area contributed by atoms with E-state index in [2.05, 4.69) is 22.1 Å². The Hall–Kier alpha value is -1.98. The number of carbonyl (C=O) groups is 1. The fraction of sp³-hybridized carbons (Fsp3) is 0.538. The highest BCUT2D eigenvalue weighted by molar-refractivity contribution is 5.95. The molecule has 2 aromatic heterocycles. The van der Waals surface area contributed by atoms with Crippen LogP contribution >= 0.6 is 0 Å². The lowest BCUT2D eigenvalue weighted by Crippen LogP contribution is -2.15. The van der Waals surface area contributed by atoms with Crippen molar-refractivity contribution in [3.05, 3.63) is 29.6 Å². The maximum absolute atomic E-state index is 12.3. The van der Waals surface area contributed by atoms with E-state index in [-0.39, 0.29) is 12.2 Å². The zero-order valence-electron chi connectivity index (χ0n) is 11.6. The second kappa shape index (κ2) is 5.77. The first-order valence-corrected chi connectivity index (χ1v) is 6.60. The van der Waals surface area contributed by atoms with Crippen molar-refractivity contribution in [2.45, 2.75) is 46.7 Å². The van der Waals surface area contributed by atoms with E-state index < -0.39 is 0 Å². The second-order valence-electron chi connectivity index (χ2n) is 4.49. The van der Waals surface area contributed by atoms with Gasteiger partial charge in [-0.2, -0.15) is 10.2 Å². The van der Waals surface area contributed by atoms with Crippen LogP contribution in [0.3, 0.4) is 0 Å². The van der Waals surface area contributed by atoms with E-state index in [1.54, 1.807) is 9.36 Å². The van der Waals surface area contributed by atoms with E-state index in [9.17, 15) is 4.79 Å². The minimum absolute atomic E-state index is 0.0350. The van der Waals surface area contributed by atoms with Gasteiger partial charge in [-0.25, -0.2) is 9.67 Å². The second-order valence-corrected chi connectivity index (χ2v) is 4.49. The topological polar surface area (TPSA) is 65.6 Å². The van der Waals surface area contributed by atoms with Gasteiger partial charge in [-0.1, -0.05) is 6.92 Å². The molecule has 0 atom stereocenters. The Morgan fingerprint density at radius 3 is 2.79 bits per heavy atom. The van der Waals surface area contributed by atoms with Gasteiger partial charge in [0.2, 0.25) is 0 Å². The molecule has 0 unspecified atom stereocenters. The summed E-state index contributed by atoms with van der Waals surface area (Å²) in [6.07, 6.45) is 2.74. The first kappa shape index (κ1) is 13.5. The normalized spacial score (nSPS) is 10.9. The fourth-order valence-electron chi connectivity index (χ4n) is 2.07. The minimum Gasteiger partial charge on any atom is -0.292 e. The maximum Gasteiger partial charge on any atom is 0.188 e. The summed E-state index contributed by atoms with van der Waals surface area (Å²) < 4.78 is 3.52. The first-order valence-electron chi connectivity index (χ1n) is 6.60. The third kappa shape index (κ3) is 2.89. The Morgan fingerprint density at radius 1 is 1.32 bits per heavy atom. The highest BCUT2D eigenvalue weighted by Gasteiger charge is 2.16. The van der Waals surface area contributed by atoms with Crippen LogP contribution in [0.25, 0.3) is 0 Å². The number of aryl methyl sites for hydroxylation is 3. The predicted octanol–water partition coefficient (Wildman–Crippen LogP) is 1.64.